The van der Waals surface area contributed by atoms with Gasteiger partial charge in [0.25, 0.3) is 5.91 Å². The second-order valence-corrected chi connectivity index (χ2v) is 4.82. The first-order chi connectivity index (χ1) is 8.49. The Bertz CT molecular complexity index is 419. The van der Waals surface area contributed by atoms with Crippen molar-refractivity contribution < 1.29 is 4.79 Å². The van der Waals surface area contributed by atoms with Crippen LogP contribution in [0.4, 0.5) is 5.69 Å². The van der Waals surface area contributed by atoms with Crippen molar-refractivity contribution >= 4 is 23.2 Å². The van der Waals surface area contributed by atoms with Gasteiger partial charge in [0.2, 0.25) is 0 Å². The number of pyridine rings is 1. The number of nitrogen functional groups attached to an aromatic ring is 1. The van der Waals surface area contributed by atoms with Crippen LogP contribution in [0.3, 0.4) is 0 Å². The maximum atomic E-state index is 12.1. The molecule has 0 fully saturated rings. The lowest BCUT2D eigenvalue weighted by atomic mass is 9.95. The van der Waals surface area contributed by atoms with Crippen molar-refractivity contribution in [3.05, 3.63) is 23.0 Å². The fraction of sp³-hybridized carbons (Fsp3) is 0.538. The van der Waals surface area contributed by atoms with Crippen molar-refractivity contribution in [1.82, 2.24) is 10.3 Å². The van der Waals surface area contributed by atoms with Gasteiger partial charge in [-0.2, -0.15) is 0 Å². The first kappa shape index (κ1) is 14.8. The molecule has 1 atom stereocenters. The maximum Gasteiger partial charge on any atom is 0.253 e. The van der Waals surface area contributed by atoms with Crippen LogP contribution >= 0.6 is 11.6 Å². The van der Waals surface area contributed by atoms with Crippen LogP contribution in [0.1, 0.15) is 44.0 Å². The summed E-state index contributed by atoms with van der Waals surface area (Å²) in [7, 11) is 0. The molecule has 0 aliphatic heterocycles. The average molecular weight is 270 g/mol. The van der Waals surface area contributed by atoms with E-state index >= 15 is 0 Å². The van der Waals surface area contributed by atoms with Crippen LogP contribution in [0.5, 0.6) is 0 Å². The van der Waals surface area contributed by atoms with Gasteiger partial charge in [0.1, 0.15) is 5.15 Å². The summed E-state index contributed by atoms with van der Waals surface area (Å²) in [6, 6.07) is 1.60. The molecule has 0 saturated carbocycles. The molecule has 1 heterocycles. The Balaban J connectivity index is 2.79. The summed E-state index contributed by atoms with van der Waals surface area (Å²) in [6.45, 7) is 6.25. The average Bonchev–Trinajstić information content (AvgIpc) is 2.33. The number of nitrogens with one attached hydrogen (secondary N) is 1. The fourth-order valence-corrected chi connectivity index (χ4v) is 2.19. The van der Waals surface area contributed by atoms with Crippen molar-refractivity contribution in [2.75, 3.05) is 5.73 Å². The maximum absolute atomic E-state index is 12.1. The number of hydrogen-bond acceptors (Lipinski definition) is 3. The smallest absolute Gasteiger partial charge is 0.253 e. The summed E-state index contributed by atoms with van der Waals surface area (Å²) < 4.78 is 0. The third-order valence-corrected chi connectivity index (χ3v) is 3.47. The van der Waals surface area contributed by atoms with Crippen LogP contribution < -0.4 is 11.1 Å². The first-order valence-electron chi connectivity index (χ1n) is 6.21. The molecule has 4 nitrogen and oxygen atoms in total. The predicted octanol–water partition coefficient (Wildman–Crippen LogP) is 2.87. The third-order valence-electron chi connectivity index (χ3n) is 3.26. The topological polar surface area (TPSA) is 68.0 Å². The minimum absolute atomic E-state index is 0.110. The lowest BCUT2D eigenvalue weighted by Crippen LogP contribution is -2.38. The molecule has 0 aromatic carbocycles. The van der Waals surface area contributed by atoms with E-state index in [2.05, 4.69) is 24.1 Å². The Hall–Kier alpha value is -1.29. The molecule has 1 unspecified atom stereocenters. The molecule has 5 heteroatoms. The zero-order valence-corrected chi connectivity index (χ0v) is 11.8. The van der Waals surface area contributed by atoms with Crippen molar-refractivity contribution in [3.63, 3.8) is 0 Å². The van der Waals surface area contributed by atoms with Crippen molar-refractivity contribution in [1.29, 1.82) is 0 Å². The molecular weight excluding hydrogens is 250 g/mol. The third kappa shape index (κ3) is 3.60. The van der Waals surface area contributed by atoms with Crippen LogP contribution in [0.15, 0.2) is 12.3 Å². The summed E-state index contributed by atoms with van der Waals surface area (Å²) in [4.78, 5) is 15.9. The van der Waals surface area contributed by atoms with Gasteiger partial charge in [-0.3, -0.25) is 4.79 Å². The van der Waals surface area contributed by atoms with Gasteiger partial charge in [0.15, 0.2) is 0 Å². The van der Waals surface area contributed by atoms with Gasteiger partial charge in [-0.1, -0.05) is 38.3 Å². The second kappa shape index (κ2) is 6.59. The summed E-state index contributed by atoms with van der Waals surface area (Å²) >= 11 is 5.77. The molecule has 0 bridgehead atoms. The normalized spacial score (nSPS) is 12.5. The first-order valence-corrected chi connectivity index (χ1v) is 6.59. The van der Waals surface area contributed by atoms with Crippen LogP contribution in [0.25, 0.3) is 0 Å². The van der Waals surface area contributed by atoms with Crippen molar-refractivity contribution in [2.24, 2.45) is 5.92 Å². The van der Waals surface area contributed by atoms with Crippen LogP contribution in [-0.4, -0.2) is 16.9 Å². The number of anilines is 1. The molecule has 1 aromatic heterocycles. The van der Waals surface area contributed by atoms with Gasteiger partial charge >= 0.3 is 0 Å². The predicted molar refractivity (Wildman–Crippen MR) is 74.7 cm³/mol. The molecule has 1 aromatic rings. The number of carbonyl (C=O) groups excluding carboxylic acids is 1. The molecule has 0 saturated heterocycles. The van der Waals surface area contributed by atoms with E-state index in [4.69, 9.17) is 17.3 Å². The Kier molecular flexibility index (Phi) is 5.41. The molecule has 100 valence electrons. The Morgan fingerprint density at radius 3 is 2.67 bits per heavy atom. The molecule has 0 radical (unpaired) electrons. The van der Waals surface area contributed by atoms with Crippen LogP contribution in [0, 0.1) is 5.92 Å². The van der Waals surface area contributed by atoms with Gasteiger partial charge in [-0.05, 0) is 18.9 Å². The van der Waals surface area contributed by atoms with Crippen molar-refractivity contribution in [3.8, 4) is 0 Å². The largest absolute Gasteiger partial charge is 0.397 e. The number of halogens is 1. The molecule has 0 spiro atoms. The Morgan fingerprint density at radius 1 is 1.50 bits per heavy atom. The highest BCUT2D eigenvalue weighted by molar-refractivity contribution is 6.29. The standard InChI is InChI=1S/C13H20ClN3O/c1-4-9(5-2)8(3)17-13(18)10-6-12(14)16-7-11(10)15/h6-9H,4-5,15H2,1-3H3,(H,17,18). The van der Waals surface area contributed by atoms with E-state index in [0.29, 0.717) is 17.2 Å². The molecule has 18 heavy (non-hydrogen) atoms. The molecule has 0 aliphatic carbocycles. The monoisotopic (exact) mass is 269 g/mol. The van der Waals surface area contributed by atoms with Crippen LogP contribution in [0.2, 0.25) is 5.15 Å². The van der Waals surface area contributed by atoms with E-state index < -0.39 is 0 Å². The summed E-state index contributed by atoms with van der Waals surface area (Å²) in [6.07, 6.45) is 3.47. The van der Waals surface area contributed by atoms with E-state index in [0.717, 1.165) is 12.8 Å². The highest BCUT2D eigenvalue weighted by atomic mass is 35.5. The molecule has 0 aliphatic rings. The van der Waals surface area contributed by atoms with E-state index in [-0.39, 0.29) is 17.1 Å². The van der Waals surface area contributed by atoms with Crippen molar-refractivity contribution in [2.45, 2.75) is 39.7 Å². The number of aromatic nitrogens is 1. The quantitative estimate of drug-likeness (QED) is 0.808. The SMILES string of the molecule is CCC(CC)C(C)NC(=O)c1cc(Cl)ncc1N. The van der Waals surface area contributed by atoms with Gasteiger partial charge in [-0.25, -0.2) is 4.98 Å². The highest BCUT2D eigenvalue weighted by Crippen LogP contribution is 2.17. The lowest BCUT2D eigenvalue weighted by Gasteiger charge is -2.22. The van der Waals surface area contributed by atoms with E-state index in [1.807, 2.05) is 6.92 Å². The van der Waals surface area contributed by atoms with E-state index in [1.165, 1.54) is 12.3 Å². The number of hydrogen-bond donors (Lipinski definition) is 2. The number of nitrogens with zero attached hydrogens (tertiary/aromatic N) is 1. The summed E-state index contributed by atoms with van der Waals surface area (Å²) in [5.74, 6) is 0.267. The molecular formula is C13H20ClN3O. The van der Waals surface area contributed by atoms with E-state index in [1.54, 1.807) is 0 Å². The Morgan fingerprint density at radius 2 is 2.11 bits per heavy atom. The number of nitrogens with two attached hydrogens (primary N) is 1. The van der Waals surface area contributed by atoms with Gasteiger partial charge < -0.3 is 11.1 Å². The van der Waals surface area contributed by atoms with E-state index in [9.17, 15) is 4.79 Å². The van der Waals surface area contributed by atoms with Crippen LogP contribution in [-0.2, 0) is 0 Å². The molecule has 3 N–H and O–H groups in total. The minimum Gasteiger partial charge on any atom is -0.397 e. The van der Waals surface area contributed by atoms with Gasteiger partial charge in [-0.15, -0.1) is 0 Å². The van der Waals surface area contributed by atoms with Gasteiger partial charge in [0.05, 0.1) is 17.4 Å². The number of carbonyl (C=O) groups is 1. The highest BCUT2D eigenvalue weighted by Gasteiger charge is 2.18. The Labute approximate surface area is 113 Å². The fourth-order valence-electron chi connectivity index (χ4n) is 2.04. The summed E-state index contributed by atoms with van der Waals surface area (Å²) in [5, 5.41) is 3.23. The zero-order chi connectivity index (χ0) is 13.7. The zero-order valence-electron chi connectivity index (χ0n) is 11.0. The summed E-state index contributed by atoms with van der Waals surface area (Å²) in [5.41, 5.74) is 6.45. The lowest BCUT2D eigenvalue weighted by molar-refractivity contribution is 0.0926. The molecule has 1 amide bonds. The molecule has 1 rings (SSSR count). The number of amides is 1. The van der Waals surface area contributed by atoms with Gasteiger partial charge in [0, 0.05) is 6.04 Å². The second-order valence-electron chi connectivity index (χ2n) is 4.43. The minimum atomic E-state index is -0.198. The number of rotatable bonds is 5.